The van der Waals surface area contributed by atoms with Crippen molar-refractivity contribution in [3.8, 4) is 5.75 Å². The molecule has 1 amide bonds. The van der Waals surface area contributed by atoms with Gasteiger partial charge in [-0.2, -0.15) is 0 Å². The molecule has 0 bridgehead atoms. The van der Waals surface area contributed by atoms with Gasteiger partial charge in [-0.25, -0.2) is 9.18 Å². The third kappa shape index (κ3) is 4.79. The van der Waals surface area contributed by atoms with Crippen molar-refractivity contribution in [2.24, 2.45) is 0 Å². The van der Waals surface area contributed by atoms with Crippen LogP contribution in [-0.2, 0) is 17.8 Å². The summed E-state index contributed by atoms with van der Waals surface area (Å²) in [7, 11) is 1.39. The van der Waals surface area contributed by atoms with E-state index in [0.717, 1.165) is 16.2 Å². The van der Waals surface area contributed by atoms with E-state index in [4.69, 9.17) is 9.84 Å². The van der Waals surface area contributed by atoms with Crippen LogP contribution in [0.5, 0.6) is 5.75 Å². The molecule has 0 unspecified atom stereocenters. The number of aryl methyl sites for hydroxylation is 1. The van der Waals surface area contributed by atoms with Crippen LogP contribution in [0.1, 0.15) is 26.5 Å². The average molecular weight is 337 g/mol. The maximum atomic E-state index is 13.5. The van der Waals surface area contributed by atoms with E-state index < -0.39 is 11.8 Å². The van der Waals surface area contributed by atoms with Crippen LogP contribution in [-0.4, -0.2) is 24.1 Å². The molecular weight excluding hydrogens is 321 g/mol. The van der Waals surface area contributed by atoms with Gasteiger partial charge in [-0.05, 0) is 36.2 Å². The highest BCUT2D eigenvalue weighted by atomic mass is 32.1. The highest BCUT2D eigenvalue weighted by Crippen LogP contribution is 2.19. The van der Waals surface area contributed by atoms with Gasteiger partial charge in [0.25, 0.3) is 0 Å². The number of rotatable bonds is 7. The van der Waals surface area contributed by atoms with Crippen molar-refractivity contribution in [1.29, 1.82) is 0 Å². The van der Waals surface area contributed by atoms with Gasteiger partial charge in [0.2, 0.25) is 5.91 Å². The molecule has 0 aliphatic rings. The summed E-state index contributed by atoms with van der Waals surface area (Å²) in [6.45, 7) is 0.285. The Morgan fingerprint density at radius 3 is 2.70 bits per heavy atom. The number of hydrogen-bond donors (Lipinski definition) is 2. The van der Waals surface area contributed by atoms with E-state index in [1.165, 1.54) is 25.3 Å². The molecule has 0 aliphatic heterocycles. The molecule has 5 nitrogen and oxygen atoms in total. The summed E-state index contributed by atoms with van der Waals surface area (Å²) in [6, 6.07) is 7.78. The fourth-order valence-corrected chi connectivity index (χ4v) is 2.77. The number of halogens is 1. The first-order chi connectivity index (χ1) is 11.0. The molecule has 1 aromatic heterocycles. The van der Waals surface area contributed by atoms with Crippen molar-refractivity contribution in [3.05, 3.63) is 51.5 Å². The number of carboxylic acids is 1. The van der Waals surface area contributed by atoms with E-state index in [0.29, 0.717) is 12.0 Å². The third-order valence-corrected chi connectivity index (χ3v) is 4.26. The Kier molecular flexibility index (Phi) is 5.70. The summed E-state index contributed by atoms with van der Waals surface area (Å²) in [6.07, 6.45) is 0.639. The van der Waals surface area contributed by atoms with Gasteiger partial charge in [0.15, 0.2) is 11.6 Å². The van der Waals surface area contributed by atoms with Crippen molar-refractivity contribution in [2.75, 3.05) is 7.11 Å². The summed E-state index contributed by atoms with van der Waals surface area (Å²) in [5.74, 6) is -1.43. The second kappa shape index (κ2) is 7.73. The Hall–Kier alpha value is -2.41. The normalized spacial score (nSPS) is 10.3. The lowest BCUT2D eigenvalue weighted by Gasteiger charge is -2.06. The van der Waals surface area contributed by atoms with Crippen molar-refractivity contribution < 1.29 is 23.8 Å². The molecule has 1 heterocycles. The number of aromatic carboxylic acids is 1. The van der Waals surface area contributed by atoms with Crippen LogP contribution in [0.2, 0.25) is 0 Å². The molecule has 0 radical (unpaired) electrons. The minimum atomic E-state index is -0.978. The molecule has 122 valence electrons. The topological polar surface area (TPSA) is 75.6 Å². The number of hydrogen-bond acceptors (Lipinski definition) is 4. The number of carbonyl (C=O) groups excluding carboxylic acids is 1. The van der Waals surface area contributed by atoms with Gasteiger partial charge >= 0.3 is 5.97 Å². The van der Waals surface area contributed by atoms with E-state index in [9.17, 15) is 14.0 Å². The zero-order valence-electron chi connectivity index (χ0n) is 12.5. The van der Waals surface area contributed by atoms with Crippen LogP contribution in [0.15, 0.2) is 30.3 Å². The number of benzene rings is 1. The van der Waals surface area contributed by atoms with Gasteiger partial charge in [-0.1, -0.05) is 6.07 Å². The standard InChI is InChI=1S/C16H16FNO4S/c1-22-13-5-2-10(8-12(13)17)3-7-15(19)18-9-11-4-6-14(23-11)16(20)21/h2,4-6,8H,3,7,9H2,1H3,(H,18,19)(H,20,21). The molecule has 0 spiro atoms. The van der Waals surface area contributed by atoms with Crippen LogP contribution in [0.4, 0.5) is 4.39 Å². The van der Waals surface area contributed by atoms with Crippen LogP contribution in [0, 0.1) is 5.82 Å². The first-order valence-electron chi connectivity index (χ1n) is 6.90. The number of thiophene rings is 1. The van der Waals surface area contributed by atoms with Gasteiger partial charge in [-0.3, -0.25) is 4.79 Å². The highest BCUT2D eigenvalue weighted by molar-refractivity contribution is 7.13. The molecule has 2 N–H and O–H groups in total. The molecule has 23 heavy (non-hydrogen) atoms. The molecule has 1 aromatic carbocycles. The molecule has 0 fully saturated rings. The smallest absolute Gasteiger partial charge is 0.345 e. The first kappa shape index (κ1) is 17.0. The van der Waals surface area contributed by atoms with Crippen LogP contribution >= 0.6 is 11.3 Å². The fraction of sp³-hybridized carbons (Fsp3) is 0.250. The Morgan fingerprint density at radius 1 is 1.30 bits per heavy atom. The van der Waals surface area contributed by atoms with Crippen LogP contribution in [0.3, 0.4) is 0 Å². The number of ether oxygens (including phenoxy) is 1. The predicted octanol–water partition coefficient (Wildman–Crippen LogP) is 2.84. The second-order valence-corrected chi connectivity index (χ2v) is 5.99. The molecule has 2 aromatic rings. The van der Waals surface area contributed by atoms with E-state index >= 15 is 0 Å². The molecule has 0 saturated heterocycles. The number of carbonyl (C=O) groups is 2. The van der Waals surface area contributed by atoms with Gasteiger partial charge in [0.05, 0.1) is 13.7 Å². The summed E-state index contributed by atoms with van der Waals surface area (Å²) in [4.78, 5) is 23.6. The lowest BCUT2D eigenvalue weighted by atomic mass is 10.1. The van der Waals surface area contributed by atoms with Crippen molar-refractivity contribution in [2.45, 2.75) is 19.4 Å². The zero-order chi connectivity index (χ0) is 16.8. The summed E-state index contributed by atoms with van der Waals surface area (Å²) >= 11 is 1.13. The maximum Gasteiger partial charge on any atom is 0.345 e. The molecule has 0 atom stereocenters. The molecule has 0 saturated carbocycles. The fourth-order valence-electron chi connectivity index (χ4n) is 1.99. The monoisotopic (exact) mass is 337 g/mol. The van der Waals surface area contributed by atoms with E-state index in [-0.39, 0.29) is 29.5 Å². The van der Waals surface area contributed by atoms with E-state index in [2.05, 4.69) is 5.32 Å². The molecule has 0 aliphatic carbocycles. The number of carboxylic acid groups (broad SMARTS) is 1. The molecule has 7 heteroatoms. The summed E-state index contributed by atoms with van der Waals surface area (Å²) in [5.41, 5.74) is 0.711. The van der Waals surface area contributed by atoms with Gasteiger partial charge < -0.3 is 15.2 Å². The Morgan fingerprint density at radius 2 is 2.09 bits per heavy atom. The minimum Gasteiger partial charge on any atom is -0.494 e. The lowest BCUT2D eigenvalue weighted by Crippen LogP contribution is -2.22. The Bertz CT molecular complexity index is 714. The summed E-state index contributed by atoms with van der Waals surface area (Å²) < 4.78 is 18.4. The highest BCUT2D eigenvalue weighted by Gasteiger charge is 2.09. The molecular formula is C16H16FNO4S. The van der Waals surface area contributed by atoms with E-state index in [1.807, 2.05) is 0 Å². The largest absolute Gasteiger partial charge is 0.494 e. The number of amides is 1. The van der Waals surface area contributed by atoms with Gasteiger partial charge in [0.1, 0.15) is 4.88 Å². The van der Waals surface area contributed by atoms with E-state index in [1.54, 1.807) is 12.1 Å². The molecule has 2 rings (SSSR count). The second-order valence-electron chi connectivity index (χ2n) is 4.82. The zero-order valence-corrected chi connectivity index (χ0v) is 13.3. The van der Waals surface area contributed by atoms with Gasteiger partial charge in [-0.15, -0.1) is 11.3 Å². The number of nitrogens with one attached hydrogen (secondary N) is 1. The van der Waals surface area contributed by atoms with Crippen molar-refractivity contribution in [3.63, 3.8) is 0 Å². The number of methoxy groups -OCH3 is 1. The summed E-state index contributed by atoms with van der Waals surface area (Å²) in [5, 5.41) is 11.5. The third-order valence-electron chi connectivity index (χ3n) is 3.19. The van der Waals surface area contributed by atoms with Crippen LogP contribution < -0.4 is 10.1 Å². The quantitative estimate of drug-likeness (QED) is 0.815. The maximum absolute atomic E-state index is 13.5. The minimum absolute atomic E-state index is 0.171. The Labute approximate surface area is 136 Å². The van der Waals surface area contributed by atoms with Crippen molar-refractivity contribution >= 4 is 23.2 Å². The lowest BCUT2D eigenvalue weighted by molar-refractivity contribution is -0.121. The van der Waals surface area contributed by atoms with Gasteiger partial charge in [0, 0.05) is 11.3 Å². The van der Waals surface area contributed by atoms with Crippen LogP contribution in [0.25, 0.3) is 0 Å². The predicted molar refractivity (Wildman–Crippen MR) is 84.4 cm³/mol. The van der Waals surface area contributed by atoms with Crippen molar-refractivity contribution in [1.82, 2.24) is 5.32 Å². The first-order valence-corrected chi connectivity index (χ1v) is 7.72. The Balaban J connectivity index is 1.80. The SMILES string of the molecule is COc1ccc(CCC(=O)NCc2ccc(C(=O)O)s2)cc1F. The average Bonchev–Trinajstić information content (AvgIpc) is 3.00.